The lowest BCUT2D eigenvalue weighted by Crippen LogP contribution is -2.55. The van der Waals surface area contributed by atoms with Gasteiger partial charge in [0.2, 0.25) is 17.7 Å². The number of rotatable bonds is 15. The highest BCUT2D eigenvalue weighted by molar-refractivity contribution is 7.79. The van der Waals surface area contributed by atoms with Gasteiger partial charge in [0.25, 0.3) is 5.91 Å². The Balaban J connectivity index is 1.10. The van der Waals surface area contributed by atoms with E-state index in [4.69, 9.17) is 17.0 Å². The van der Waals surface area contributed by atoms with E-state index >= 15 is 0 Å². The fourth-order valence-electron chi connectivity index (χ4n) is 6.93. The third-order valence-corrected chi connectivity index (χ3v) is 10.5. The number of likely N-dealkylation sites (N-methyl/N-ethyl adjacent to an activating group) is 1. The molecule has 3 aromatic carbocycles. The van der Waals surface area contributed by atoms with Crippen molar-refractivity contribution in [3.63, 3.8) is 0 Å². The number of piperidine rings is 1. The third kappa shape index (κ3) is 10.7. The molecule has 0 bridgehead atoms. The highest BCUT2D eigenvalue weighted by Gasteiger charge is 2.39. The van der Waals surface area contributed by atoms with Gasteiger partial charge >= 0.3 is 6.18 Å². The predicted molar refractivity (Wildman–Crippen MR) is 219 cm³/mol. The van der Waals surface area contributed by atoms with E-state index in [-0.39, 0.29) is 36.4 Å². The molecule has 308 valence electrons. The van der Waals surface area contributed by atoms with E-state index in [1.807, 2.05) is 19.1 Å². The van der Waals surface area contributed by atoms with E-state index in [1.165, 1.54) is 18.6 Å². The first-order chi connectivity index (χ1) is 27.5. The van der Waals surface area contributed by atoms with E-state index in [1.54, 1.807) is 55.1 Å². The van der Waals surface area contributed by atoms with Gasteiger partial charge in [-0.25, -0.2) is 0 Å². The predicted octanol–water partition coefficient (Wildman–Crippen LogP) is 5.20. The number of anilines is 4. The van der Waals surface area contributed by atoms with Crippen LogP contribution in [-0.2, 0) is 31.8 Å². The van der Waals surface area contributed by atoms with E-state index in [9.17, 15) is 37.6 Å². The van der Waals surface area contributed by atoms with Gasteiger partial charge in [0.15, 0.2) is 0 Å². The Kier molecular flexibility index (Phi) is 14.1. The first-order valence-electron chi connectivity index (χ1n) is 18.9. The lowest BCUT2D eigenvalue weighted by atomic mass is 9.98. The Hall–Kier alpha value is -5.57. The van der Waals surface area contributed by atoms with Gasteiger partial charge in [0.05, 0.1) is 29.2 Å². The summed E-state index contributed by atoms with van der Waals surface area (Å²) in [7, 11) is 1.38. The largest absolute Gasteiger partial charge is 0.492 e. The molecule has 3 N–H and O–H groups in total. The zero-order valence-electron chi connectivity index (χ0n) is 32.8. The number of halogens is 3. The Labute approximate surface area is 341 Å². The van der Waals surface area contributed by atoms with Crippen LogP contribution in [0.25, 0.3) is 0 Å². The smallest absolute Gasteiger partial charge is 0.417 e. The number of nitriles is 1. The number of carbonyl (C=O) groups excluding carboxylic acids is 4. The van der Waals surface area contributed by atoms with E-state index < -0.39 is 34.8 Å². The molecule has 0 spiro atoms. The number of hydrogen-bond donors (Lipinski definition) is 3. The average Bonchev–Trinajstić information content (AvgIpc) is 3.19. The highest BCUT2D eigenvalue weighted by Crippen LogP contribution is 2.36. The Morgan fingerprint density at radius 2 is 1.71 bits per heavy atom. The number of ether oxygens (including phenoxy) is 1. The minimum atomic E-state index is -4.77. The number of carbonyl (C=O) groups is 4. The number of amides is 4. The van der Waals surface area contributed by atoms with Gasteiger partial charge in [0, 0.05) is 68.9 Å². The van der Waals surface area contributed by atoms with Crippen LogP contribution < -0.4 is 30.5 Å². The lowest BCUT2D eigenvalue weighted by molar-refractivity contribution is -0.138. The van der Waals surface area contributed by atoms with Crippen LogP contribution in [0, 0.1) is 11.3 Å². The van der Waals surface area contributed by atoms with Crippen LogP contribution in [0.4, 0.5) is 35.9 Å². The second-order valence-corrected chi connectivity index (χ2v) is 14.8. The van der Waals surface area contributed by atoms with Crippen LogP contribution in [0.2, 0.25) is 0 Å². The molecule has 1 atom stereocenters. The van der Waals surface area contributed by atoms with Crippen molar-refractivity contribution in [3.05, 3.63) is 77.4 Å². The van der Waals surface area contributed by atoms with Crippen molar-refractivity contribution in [3.8, 4) is 11.8 Å². The second-order valence-electron chi connectivity index (χ2n) is 14.6. The molecule has 2 aliphatic heterocycles. The van der Waals surface area contributed by atoms with Crippen molar-refractivity contribution in [2.45, 2.75) is 57.8 Å². The summed E-state index contributed by atoms with van der Waals surface area (Å²) in [5.74, 6) is -0.635. The number of nitrogens with zero attached hydrogens (tertiary/aromatic N) is 5. The monoisotopic (exact) mass is 820 g/mol. The van der Waals surface area contributed by atoms with Crippen LogP contribution in [-0.4, -0.2) is 103 Å². The maximum atomic E-state index is 13.8. The normalized spacial score (nSPS) is 16.5. The van der Waals surface area contributed by atoms with Gasteiger partial charge in [-0.1, -0.05) is 25.2 Å². The molecule has 0 saturated carbocycles. The molecule has 1 unspecified atom stereocenters. The van der Waals surface area contributed by atoms with Gasteiger partial charge < -0.3 is 25.2 Å². The van der Waals surface area contributed by atoms with Crippen molar-refractivity contribution in [1.82, 2.24) is 15.1 Å². The van der Waals surface area contributed by atoms with Gasteiger partial charge in [-0.05, 0) is 86.8 Å². The maximum absolute atomic E-state index is 13.8. The molecule has 2 fully saturated rings. The number of thiocarbonyl (C=S) groups is 1. The summed E-state index contributed by atoms with van der Waals surface area (Å²) >= 11 is 5.34. The summed E-state index contributed by atoms with van der Waals surface area (Å²) in [5.41, 5.74) is 1.13. The topological polar surface area (TPSA) is 150 Å². The van der Waals surface area contributed by atoms with Crippen molar-refractivity contribution >= 4 is 64.1 Å². The van der Waals surface area contributed by atoms with Crippen molar-refractivity contribution in [2.75, 3.05) is 73.4 Å². The quantitative estimate of drug-likeness (QED) is 0.137. The minimum absolute atomic E-state index is 0.0142. The van der Waals surface area contributed by atoms with Crippen molar-refractivity contribution in [2.24, 2.45) is 0 Å². The third-order valence-electron chi connectivity index (χ3n) is 10.3. The highest BCUT2D eigenvalue weighted by atomic mass is 32.1. The molecule has 0 aromatic heterocycles. The summed E-state index contributed by atoms with van der Waals surface area (Å²) in [6, 6.07) is 16.8. The Morgan fingerprint density at radius 1 is 1.02 bits per heavy atom. The van der Waals surface area contributed by atoms with Gasteiger partial charge in [-0.2, -0.15) is 18.4 Å². The molecule has 2 aliphatic rings. The zero-order chi connectivity index (χ0) is 42.2. The fraction of sp³-hybridized carbons (Fsp3) is 0.415. The van der Waals surface area contributed by atoms with Crippen molar-refractivity contribution < 1.29 is 37.1 Å². The lowest BCUT2D eigenvalue weighted by Gasteiger charge is -2.38. The fourth-order valence-corrected chi connectivity index (χ4v) is 7.32. The zero-order valence-corrected chi connectivity index (χ0v) is 33.6. The van der Waals surface area contributed by atoms with Gasteiger partial charge in [-0.3, -0.25) is 34.3 Å². The number of alkyl halides is 3. The molecule has 58 heavy (non-hydrogen) atoms. The van der Waals surface area contributed by atoms with Crippen LogP contribution in [0.15, 0.2) is 60.7 Å². The SMILES string of the molecule is CCc1cc(N(C=S)C(C)(C)C(=O)N(C)c2ccc(C#N)c(C(F)(F)F)c2)ccc1OCCN1CCN(CC(=O)Nc2cccc(NC3CCC(=O)NC3=O)c2)CC1. The summed E-state index contributed by atoms with van der Waals surface area (Å²) in [6.07, 6.45) is -3.48. The number of piperazine rings is 1. The average molecular weight is 821 g/mol. The number of imide groups is 1. The molecular formula is C41H47F3N8O5S. The molecule has 13 nitrogen and oxygen atoms in total. The molecule has 17 heteroatoms. The summed E-state index contributed by atoms with van der Waals surface area (Å²) in [5, 5.41) is 17.6. The van der Waals surface area contributed by atoms with E-state index in [0.29, 0.717) is 61.9 Å². The second kappa shape index (κ2) is 18.8. The van der Waals surface area contributed by atoms with Crippen LogP contribution in [0.3, 0.4) is 0 Å². The molecule has 0 radical (unpaired) electrons. The molecule has 0 aliphatic carbocycles. The Morgan fingerprint density at radius 3 is 2.36 bits per heavy atom. The summed E-state index contributed by atoms with van der Waals surface area (Å²) < 4.78 is 47.2. The first kappa shape index (κ1) is 43.6. The van der Waals surface area contributed by atoms with E-state index in [0.717, 1.165) is 35.7 Å². The maximum Gasteiger partial charge on any atom is 0.417 e. The van der Waals surface area contributed by atoms with Crippen LogP contribution in [0.1, 0.15) is 50.3 Å². The van der Waals surface area contributed by atoms with Gasteiger partial charge in [-0.15, -0.1) is 0 Å². The minimum Gasteiger partial charge on any atom is -0.492 e. The standard InChI is InChI=1S/C41H47F3N8O5S/c1-5-27-21-32(52(26-58)40(2,3)39(56)49(4)31-10-9-28(24-45)33(23-31)41(42,43)44)11-13-35(27)57-20-19-50-15-17-51(18-16-50)25-37(54)47-30-8-6-7-29(22-30)46-34-12-14-36(53)48-38(34)55/h6-11,13,21-23,26,34,46H,5,12,14-20,25H2,1-4H3,(H,47,54)(H,48,53,55). The number of hydrogen-bond acceptors (Lipinski definition) is 10. The summed E-state index contributed by atoms with van der Waals surface area (Å²) in [4.78, 5) is 57.3. The number of aryl methyl sites for hydroxylation is 1. The Bertz CT molecular complexity index is 2070. The van der Waals surface area contributed by atoms with Crippen LogP contribution in [0.5, 0.6) is 5.75 Å². The molecule has 2 heterocycles. The molecule has 3 aromatic rings. The molecular weight excluding hydrogens is 774 g/mol. The first-order valence-corrected chi connectivity index (χ1v) is 19.4. The summed E-state index contributed by atoms with van der Waals surface area (Å²) in [6.45, 7) is 9.47. The number of nitrogens with one attached hydrogen (secondary N) is 3. The van der Waals surface area contributed by atoms with Crippen LogP contribution >= 0.6 is 12.2 Å². The molecule has 4 amide bonds. The molecule has 5 rings (SSSR count). The van der Waals surface area contributed by atoms with Crippen molar-refractivity contribution in [1.29, 1.82) is 5.26 Å². The van der Waals surface area contributed by atoms with E-state index in [2.05, 4.69) is 25.8 Å². The van der Waals surface area contributed by atoms with Gasteiger partial charge in [0.1, 0.15) is 23.9 Å². The number of benzene rings is 3. The molecule has 2 saturated heterocycles.